The Bertz CT molecular complexity index is 233. The normalized spacial score (nSPS) is 10.0. The van der Waals surface area contributed by atoms with Crippen LogP contribution in [0.25, 0.3) is 0 Å². The molecule has 0 aliphatic rings. The van der Waals surface area contributed by atoms with E-state index >= 15 is 0 Å². The highest BCUT2D eigenvalue weighted by molar-refractivity contribution is 5.66. The van der Waals surface area contributed by atoms with Crippen molar-refractivity contribution in [3.05, 3.63) is 18.2 Å². The van der Waals surface area contributed by atoms with Crippen LogP contribution in [0.4, 0.5) is 0 Å². The van der Waals surface area contributed by atoms with Crippen molar-refractivity contribution in [1.29, 1.82) is 0 Å². The van der Waals surface area contributed by atoms with Gasteiger partial charge in [0.05, 0.1) is 12.7 Å². The standard InChI is InChI=1S/C7H11N3O2/c11-7(12)1-2-8-3-6-4-9-5-10-6/h4-5,8H,1-3H2,(H,9,10)(H,11,12). The van der Waals surface area contributed by atoms with Crippen molar-refractivity contribution >= 4 is 5.97 Å². The lowest BCUT2D eigenvalue weighted by atomic mass is 10.4. The SMILES string of the molecule is O=C(O)CCNCc1cnc[nH]1. The molecule has 0 aliphatic heterocycles. The Hall–Kier alpha value is -1.36. The molecule has 1 heterocycles. The van der Waals surface area contributed by atoms with Crippen molar-refractivity contribution in [3.8, 4) is 0 Å². The van der Waals surface area contributed by atoms with Gasteiger partial charge in [0.2, 0.25) is 0 Å². The zero-order valence-corrected chi connectivity index (χ0v) is 6.58. The van der Waals surface area contributed by atoms with Crippen LogP contribution in [0.2, 0.25) is 0 Å². The summed E-state index contributed by atoms with van der Waals surface area (Å²) in [7, 11) is 0. The van der Waals surface area contributed by atoms with E-state index in [-0.39, 0.29) is 6.42 Å². The highest BCUT2D eigenvalue weighted by Gasteiger charge is 1.96. The summed E-state index contributed by atoms with van der Waals surface area (Å²) in [5.74, 6) is -0.785. The maximum absolute atomic E-state index is 10.1. The summed E-state index contributed by atoms with van der Waals surface area (Å²) in [6.45, 7) is 1.11. The Labute approximate surface area is 69.8 Å². The third-order valence-corrected chi connectivity index (χ3v) is 1.39. The van der Waals surface area contributed by atoms with Crippen molar-refractivity contribution in [1.82, 2.24) is 15.3 Å². The molecule has 5 nitrogen and oxygen atoms in total. The van der Waals surface area contributed by atoms with Crippen LogP contribution in [0.3, 0.4) is 0 Å². The molecule has 1 rings (SSSR count). The molecule has 1 aromatic rings. The third-order valence-electron chi connectivity index (χ3n) is 1.39. The van der Waals surface area contributed by atoms with E-state index in [4.69, 9.17) is 5.11 Å². The highest BCUT2D eigenvalue weighted by Crippen LogP contribution is 1.88. The van der Waals surface area contributed by atoms with Crippen LogP contribution < -0.4 is 5.32 Å². The number of aromatic amines is 1. The third kappa shape index (κ3) is 3.16. The molecule has 3 N–H and O–H groups in total. The van der Waals surface area contributed by atoms with Gasteiger partial charge in [-0.05, 0) is 0 Å². The molecule has 5 heteroatoms. The maximum atomic E-state index is 10.1. The van der Waals surface area contributed by atoms with Crippen molar-refractivity contribution in [2.75, 3.05) is 6.54 Å². The minimum atomic E-state index is -0.785. The average molecular weight is 169 g/mol. The lowest BCUT2D eigenvalue weighted by molar-refractivity contribution is -0.136. The number of hydrogen-bond donors (Lipinski definition) is 3. The Kier molecular flexibility index (Phi) is 3.28. The molecular weight excluding hydrogens is 158 g/mol. The fourth-order valence-corrected chi connectivity index (χ4v) is 0.800. The summed E-state index contributed by atoms with van der Waals surface area (Å²) in [4.78, 5) is 16.8. The quantitative estimate of drug-likeness (QED) is 0.541. The first kappa shape index (κ1) is 8.73. The van der Waals surface area contributed by atoms with Crippen LogP contribution in [0, 0.1) is 0 Å². The first-order valence-corrected chi connectivity index (χ1v) is 3.69. The van der Waals surface area contributed by atoms with Gasteiger partial charge in [-0.2, -0.15) is 0 Å². The van der Waals surface area contributed by atoms with E-state index in [0.29, 0.717) is 13.1 Å². The molecule has 0 aliphatic carbocycles. The molecule has 0 amide bonds. The highest BCUT2D eigenvalue weighted by atomic mass is 16.4. The van der Waals surface area contributed by atoms with Crippen LogP contribution in [0.15, 0.2) is 12.5 Å². The summed E-state index contributed by atoms with van der Waals surface area (Å²) >= 11 is 0. The number of imidazole rings is 1. The van der Waals surface area contributed by atoms with Crippen molar-refractivity contribution in [2.24, 2.45) is 0 Å². The van der Waals surface area contributed by atoms with E-state index in [1.165, 1.54) is 0 Å². The molecular formula is C7H11N3O2. The summed E-state index contributed by atoms with van der Waals surface area (Å²) in [5, 5.41) is 11.3. The fraction of sp³-hybridized carbons (Fsp3) is 0.429. The largest absolute Gasteiger partial charge is 0.481 e. The fourth-order valence-electron chi connectivity index (χ4n) is 0.800. The Balaban J connectivity index is 2.07. The van der Waals surface area contributed by atoms with Crippen LogP contribution in [0.5, 0.6) is 0 Å². The first-order chi connectivity index (χ1) is 5.79. The number of aliphatic carboxylic acids is 1. The maximum Gasteiger partial charge on any atom is 0.304 e. The number of rotatable bonds is 5. The second kappa shape index (κ2) is 4.50. The van der Waals surface area contributed by atoms with Crippen LogP contribution >= 0.6 is 0 Å². The predicted molar refractivity (Wildman–Crippen MR) is 42.5 cm³/mol. The van der Waals surface area contributed by atoms with Crippen molar-refractivity contribution in [2.45, 2.75) is 13.0 Å². The van der Waals surface area contributed by atoms with Crippen LogP contribution in [-0.4, -0.2) is 27.6 Å². The van der Waals surface area contributed by atoms with Gasteiger partial charge in [-0.15, -0.1) is 0 Å². The molecule has 12 heavy (non-hydrogen) atoms. The first-order valence-electron chi connectivity index (χ1n) is 3.69. The predicted octanol–water partition coefficient (Wildman–Crippen LogP) is -0.0260. The van der Waals surface area contributed by atoms with Crippen LogP contribution in [0.1, 0.15) is 12.1 Å². The Morgan fingerprint density at radius 3 is 3.17 bits per heavy atom. The topological polar surface area (TPSA) is 78.0 Å². The van der Waals surface area contributed by atoms with Gasteiger partial charge >= 0.3 is 5.97 Å². The minimum Gasteiger partial charge on any atom is -0.481 e. The monoisotopic (exact) mass is 169 g/mol. The molecule has 0 bridgehead atoms. The van der Waals surface area contributed by atoms with Gasteiger partial charge in [-0.3, -0.25) is 4.79 Å². The van der Waals surface area contributed by atoms with E-state index in [1.54, 1.807) is 12.5 Å². The summed E-state index contributed by atoms with van der Waals surface area (Å²) in [6, 6.07) is 0. The number of nitrogens with one attached hydrogen (secondary N) is 2. The average Bonchev–Trinajstić information content (AvgIpc) is 2.49. The zero-order valence-electron chi connectivity index (χ0n) is 6.58. The number of aromatic nitrogens is 2. The molecule has 0 unspecified atom stereocenters. The number of nitrogens with zero attached hydrogens (tertiary/aromatic N) is 1. The second-order valence-corrected chi connectivity index (χ2v) is 2.40. The van der Waals surface area contributed by atoms with Gasteiger partial charge in [0, 0.05) is 25.0 Å². The molecule has 0 saturated carbocycles. The Morgan fingerprint density at radius 1 is 1.75 bits per heavy atom. The van der Waals surface area contributed by atoms with Crippen molar-refractivity contribution in [3.63, 3.8) is 0 Å². The number of carbonyl (C=O) groups is 1. The lowest BCUT2D eigenvalue weighted by Gasteiger charge is -1.98. The van der Waals surface area contributed by atoms with Crippen molar-refractivity contribution < 1.29 is 9.90 Å². The molecule has 0 atom stereocenters. The summed E-state index contributed by atoms with van der Waals surface area (Å²) < 4.78 is 0. The Morgan fingerprint density at radius 2 is 2.58 bits per heavy atom. The number of H-pyrrole nitrogens is 1. The molecule has 1 aromatic heterocycles. The lowest BCUT2D eigenvalue weighted by Crippen LogP contribution is -2.17. The van der Waals surface area contributed by atoms with E-state index in [1.807, 2.05) is 0 Å². The van der Waals surface area contributed by atoms with Gasteiger partial charge in [0.25, 0.3) is 0 Å². The van der Waals surface area contributed by atoms with Crippen LogP contribution in [-0.2, 0) is 11.3 Å². The smallest absolute Gasteiger partial charge is 0.304 e. The van der Waals surface area contributed by atoms with Gasteiger partial charge in [-0.1, -0.05) is 0 Å². The van der Waals surface area contributed by atoms with Gasteiger partial charge < -0.3 is 15.4 Å². The van der Waals surface area contributed by atoms with E-state index in [9.17, 15) is 4.79 Å². The second-order valence-electron chi connectivity index (χ2n) is 2.40. The van der Waals surface area contributed by atoms with Gasteiger partial charge in [0.15, 0.2) is 0 Å². The molecule has 0 spiro atoms. The van der Waals surface area contributed by atoms with Gasteiger partial charge in [-0.25, -0.2) is 4.98 Å². The molecule has 0 fully saturated rings. The molecule has 66 valence electrons. The summed E-state index contributed by atoms with van der Waals surface area (Å²) in [5.41, 5.74) is 0.959. The molecule has 0 saturated heterocycles. The van der Waals surface area contributed by atoms with Gasteiger partial charge in [0.1, 0.15) is 0 Å². The molecule has 0 aromatic carbocycles. The molecule has 0 radical (unpaired) electrons. The van der Waals surface area contributed by atoms with E-state index < -0.39 is 5.97 Å². The summed E-state index contributed by atoms with van der Waals surface area (Å²) in [6.07, 6.45) is 3.44. The minimum absolute atomic E-state index is 0.147. The van der Waals surface area contributed by atoms with E-state index in [2.05, 4.69) is 15.3 Å². The number of carboxylic acid groups (broad SMARTS) is 1. The number of hydrogen-bond acceptors (Lipinski definition) is 3. The number of carboxylic acids is 1. The zero-order chi connectivity index (χ0) is 8.81. The van der Waals surface area contributed by atoms with E-state index in [0.717, 1.165) is 5.69 Å².